The zero-order valence-electron chi connectivity index (χ0n) is 9.20. The van der Waals surface area contributed by atoms with Crippen molar-refractivity contribution < 1.29 is 5.11 Å². The molecule has 1 N–H and O–H groups in total. The number of hydrogen-bond acceptors (Lipinski definition) is 1. The van der Waals surface area contributed by atoms with Crippen molar-refractivity contribution in [1.29, 1.82) is 0 Å². The average molecular weight is 200 g/mol. The highest BCUT2D eigenvalue weighted by atomic mass is 16.3. The lowest BCUT2D eigenvalue weighted by atomic mass is 10.1. The third-order valence-electron chi connectivity index (χ3n) is 2.78. The van der Waals surface area contributed by atoms with Crippen LogP contribution >= 0.6 is 0 Å². The largest absolute Gasteiger partial charge is 0.392 e. The molecule has 0 radical (unpaired) electrons. The lowest BCUT2D eigenvalue weighted by molar-refractivity contribution is 0.282. The lowest BCUT2D eigenvalue weighted by Crippen LogP contribution is -1.81. The molecule has 2 aliphatic rings. The van der Waals surface area contributed by atoms with Gasteiger partial charge in [0, 0.05) is 0 Å². The van der Waals surface area contributed by atoms with Crippen LogP contribution in [-0.2, 0) is 6.61 Å². The van der Waals surface area contributed by atoms with E-state index in [0.29, 0.717) is 5.92 Å². The molecule has 78 valence electrons. The Labute approximate surface area is 90.7 Å². The standard InChI is InChI=1S/C14H16O/c1-10(2)12-3-5-13-7-11(9-15)8-14(13)6-4-12/h3-8,10,15H,9H2,1-2H3. The van der Waals surface area contributed by atoms with Gasteiger partial charge in [-0.3, -0.25) is 0 Å². The van der Waals surface area contributed by atoms with Crippen molar-refractivity contribution in [3.8, 4) is 11.1 Å². The topological polar surface area (TPSA) is 20.2 Å². The Hall–Kier alpha value is -1.34. The fourth-order valence-corrected chi connectivity index (χ4v) is 1.80. The highest BCUT2D eigenvalue weighted by Crippen LogP contribution is 2.26. The second-order valence-electron chi connectivity index (χ2n) is 4.25. The van der Waals surface area contributed by atoms with Crippen molar-refractivity contribution >= 4 is 0 Å². The van der Waals surface area contributed by atoms with Gasteiger partial charge in [-0.1, -0.05) is 38.1 Å². The summed E-state index contributed by atoms with van der Waals surface area (Å²) in [5, 5.41) is 9.04. The highest BCUT2D eigenvalue weighted by Gasteiger charge is 2.05. The van der Waals surface area contributed by atoms with E-state index in [1.54, 1.807) is 0 Å². The Morgan fingerprint density at radius 3 is 1.93 bits per heavy atom. The summed E-state index contributed by atoms with van der Waals surface area (Å²) in [6, 6.07) is 12.7. The Balaban J connectivity index is 2.50. The molecule has 0 heterocycles. The first kappa shape index (κ1) is 10.2. The van der Waals surface area contributed by atoms with Crippen LogP contribution in [0.3, 0.4) is 0 Å². The zero-order chi connectivity index (χ0) is 10.8. The Morgan fingerprint density at radius 2 is 1.53 bits per heavy atom. The Morgan fingerprint density at radius 1 is 1.00 bits per heavy atom. The molecule has 0 aromatic rings. The normalized spacial score (nSPS) is 11.2. The minimum absolute atomic E-state index is 0.120. The molecule has 1 heteroatoms. The van der Waals surface area contributed by atoms with Crippen LogP contribution in [-0.4, -0.2) is 5.11 Å². The van der Waals surface area contributed by atoms with Crippen molar-refractivity contribution in [3.63, 3.8) is 0 Å². The summed E-state index contributed by atoms with van der Waals surface area (Å²) in [5.41, 5.74) is 4.73. The minimum Gasteiger partial charge on any atom is -0.392 e. The lowest BCUT2D eigenvalue weighted by Gasteiger charge is -1.99. The van der Waals surface area contributed by atoms with E-state index < -0.39 is 0 Å². The van der Waals surface area contributed by atoms with Gasteiger partial charge in [0.1, 0.15) is 0 Å². The van der Waals surface area contributed by atoms with E-state index in [1.165, 1.54) is 16.7 Å². The molecular weight excluding hydrogens is 184 g/mol. The van der Waals surface area contributed by atoms with Gasteiger partial charge in [0.2, 0.25) is 0 Å². The van der Waals surface area contributed by atoms with Crippen molar-refractivity contribution in [2.45, 2.75) is 26.4 Å². The van der Waals surface area contributed by atoms with Gasteiger partial charge in [0.25, 0.3) is 0 Å². The molecular formula is C14H16O. The van der Waals surface area contributed by atoms with E-state index in [2.05, 4.69) is 38.1 Å². The second-order valence-corrected chi connectivity index (χ2v) is 4.25. The third kappa shape index (κ3) is 2.02. The summed E-state index contributed by atoms with van der Waals surface area (Å²) >= 11 is 0. The number of fused-ring (bicyclic) bond motifs is 1. The van der Waals surface area contributed by atoms with Crippen molar-refractivity contribution in [2.24, 2.45) is 0 Å². The fourth-order valence-electron chi connectivity index (χ4n) is 1.80. The zero-order valence-corrected chi connectivity index (χ0v) is 9.20. The summed E-state index contributed by atoms with van der Waals surface area (Å²) in [6.45, 7) is 4.51. The molecule has 2 rings (SSSR count). The van der Waals surface area contributed by atoms with E-state index >= 15 is 0 Å². The van der Waals surface area contributed by atoms with Gasteiger partial charge in [-0.25, -0.2) is 0 Å². The van der Waals surface area contributed by atoms with Crippen molar-refractivity contribution in [2.75, 3.05) is 0 Å². The van der Waals surface area contributed by atoms with Crippen LogP contribution in [0.15, 0.2) is 36.4 Å². The van der Waals surface area contributed by atoms with Gasteiger partial charge in [-0.05, 0) is 40.3 Å². The molecule has 0 saturated carbocycles. The predicted octanol–water partition coefficient (Wildman–Crippen LogP) is 3.41. The number of hydrogen-bond donors (Lipinski definition) is 1. The molecule has 0 fully saturated rings. The number of rotatable bonds is 2. The SMILES string of the molecule is CC(C)c1ccc2cc(CO)cc-2cc1. The smallest absolute Gasteiger partial charge is 0.0682 e. The monoisotopic (exact) mass is 200 g/mol. The molecule has 1 nitrogen and oxygen atoms in total. The van der Waals surface area contributed by atoms with Crippen LogP contribution in [0.25, 0.3) is 11.1 Å². The summed E-state index contributed by atoms with van der Waals surface area (Å²) in [5.74, 6) is 0.554. The summed E-state index contributed by atoms with van der Waals surface area (Å²) < 4.78 is 0. The van der Waals surface area contributed by atoms with Crippen LogP contribution in [0.4, 0.5) is 0 Å². The number of aliphatic hydroxyl groups excluding tert-OH is 1. The van der Waals surface area contributed by atoms with Crippen LogP contribution in [0.1, 0.15) is 30.9 Å². The summed E-state index contributed by atoms with van der Waals surface area (Å²) in [6.07, 6.45) is 0. The Bertz CT molecular complexity index is 398. The maximum Gasteiger partial charge on any atom is 0.0682 e. The first-order valence-corrected chi connectivity index (χ1v) is 5.34. The van der Waals surface area contributed by atoms with Crippen LogP contribution in [0, 0.1) is 0 Å². The first-order chi connectivity index (χ1) is 7.20. The summed E-state index contributed by atoms with van der Waals surface area (Å²) in [7, 11) is 0. The molecule has 0 amide bonds. The van der Waals surface area contributed by atoms with E-state index in [-0.39, 0.29) is 6.61 Å². The first-order valence-electron chi connectivity index (χ1n) is 5.34. The predicted molar refractivity (Wildman–Crippen MR) is 63.1 cm³/mol. The molecule has 0 saturated heterocycles. The molecule has 0 aliphatic heterocycles. The molecule has 0 spiro atoms. The maximum absolute atomic E-state index is 9.04. The molecule has 15 heavy (non-hydrogen) atoms. The van der Waals surface area contributed by atoms with Crippen LogP contribution in [0.5, 0.6) is 0 Å². The van der Waals surface area contributed by atoms with Gasteiger partial charge in [-0.2, -0.15) is 0 Å². The van der Waals surface area contributed by atoms with Crippen molar-refractivity contribution in [3.05, 3.63) is 47.5 Å². The van der Waals surface area contributed by atoms with Crippen LogP contribution in [0.2, 0.25) is 0 Å². The summed E-state index contributed by atoms with van der Waals surface area (Å²) in [4.78, 5) is 0. The quantitative estimate of drug-likeness (QED) is 0.787. The van der Waals surface area contributed by atoms with Gasteiger partial charge >= 0.3 is 0 Å². The van der Waals surface area contributed by atoms with Gasteiger partial charge in [-0.15, -0.1) is 0 Å². The van der Waals surface area contributed by atoms with Crippen LogP contribution < -0.4 is 0 Å². The average Bonchev–Trinajstić information content (AvgIpc) is 2.51. The fraction of sp³-hybridized carbons (Fsp3) is 0.286. The molecule has 0 atom stereocenters. The molecule has 0 bridgehead atoms. The highest BCUT2D eigenvalue weighted by molar-refractivity contribution is 5.68. The van der Waals surface area contributed by atoms with Gasteiger partial charge in [0.15, 0.2) is 0 Å². The Kier molecular flexibility index (Phi) is 2.74. The second kappa shape index (κ2) is 4.03. The van der Waals surface area contributed by atoms with E-state index in [9.17, 15) is 0 Å². The molecule has 0 aromatic heterocycles. The van der Waals surface area contributed by atoms with E-state index in [0.717, 1.165) is 5.56 Å². The maximum atomic E-state index is 9.04. The van der Waals surface area contributed by atoms with Gasteiger partial charge in [0.05, 0.1) is 6.61 Å². The molecule has 0 unspecified atom stereocenters. The van der Waals surface area contributed by atoms with Gasteiger partial charge < -0.3 is 5.11 Å². The van der Waals surface area contributed by atoms with E-state index in [1.807, 2.05) is 12.1 Å². The number of aliphatic hydroxyl groups is 1. The third-order valence-corrected chi connectivity index (χ3v) is 2.78. The molecule has 2 aliphatic carbocycles. The minimum atomic E-state index is 0.120. The van der Waals surface area contributed by atoms with E-state index in [4.69, 9.17) is 5.11 Å². The van der Waals surface area contributed by atoms with Crippen molar-refractivity contribution in [1.82, 2.24) is 0 Å². The molecule has 0 aromatic carbocycles.